The van der Waals surface area contributed by atoms with E-state index in [-0.39, 0.29) is 17.6 Å². The van der Waals surface area contributed by atoms with E-state index in [1.54, 1.807) is 19.4 Å². The first-order chi connectivity index (χ1) is 13.9. The lowest BCUT2D eigenvalue weighted by Gasteiger charge is -2.44. The molecule has 0 spiro atoms. The average Bonchev–Trinajstić information content (AvgIpc) is 2.66. The van der Waals surface area contributed by atoms with Gasteiger partial charge in [0.05, 0.1) is 18.6 Å². The lowest BCUT2D eigenvalue weighted by Crippen LogP contribution is -2.54. The summed E-state index contributed by atoms with van der Waals surface area (Å²) in [4.78, 5) is 10.5. The number of halogens is 1. The fraction of sp³-hybridized carbons (Fsp3) is 0.474. The molecule has 0 unspecified atom stereocenters. The molecule has 0 bridgehead atoms. The standard InChI is InChI=1S/C19H23ClN4O4S/c1-27-17-10-13(22-19-21-5-4-18(20)23-19)2-3-16(17)28-15-11-14(12-15)24-6-8-29(25,26)9-7-24/h2-5,10,14-15H,6-9,11-12H2,1H3,(H,21,22,23). The smallest absolute Gasteiger partial charge is 0.228 e. The van der Waals surface area contributed by atoms with Crippen molar-refractivity contribution >= 4 is 33.1 Å². The summed E-state index contributed by atoms with van der Waals surface area (Å²) in [5.74, 6) is 2.21. The van der Waals surface area contributed by atoms with Crippen molar-refractivity contribution in [3.63, 3.8) is 0 Å². The molecule has 2 aromatic rings. The zero-order valence-electron chi connectivity index (χ0n) is 16.0. The van der Waals surface area contributed by atoms with Crippen molar-refractivity contribution in [3.8, 4) is 11.5 Å². The summed E-state index contributed by atoms with van der Waals surface area (Å²) >= 11 is 5.89. The third kappa shape index (κ3) is 4.91. The number of benzene rings is 1. The minimum Gasteiger partial charge on any atom is -0.493 e. The molecule has 29 heavy (non-hydrogen) atoms. The fourth-order valence-electron chi connectivity index (χ4n) is 3.57. The normalized spacial score (nSPS) is 23.8. The molecule has 4 rings (SSSR count). The Morgan fingerprint density at radius 2 is 1.93 bits per heavy atom. The van der Waals surface area contributed by atoms with Crippen molar-refractivity contribution in [2.45, 2.75) is 25.0 Å². The van der Waals surface area contributed by atoms with Gasteiger partial charge in [-0.25, -0.2) is 18.4 Å². The van der Waals surface area contributed by atoms with Crippen LogP contribution in [0.15, 0.2) is 30.5 Å². The van der Waals surface area contributed by atoms with Crippen LogP contribution in [0.2, 0.25) is 5.15 Å². The van der Waals surface area contributed by atoms with E-state index >= 15 is 0 Å². The first kappa shape index (κ1) is 20.2. The number of hydrogen-bond donors (Lipinski definition) is 1. The Morgan fingerprint density at radius 3 is 2.62 bits per heavy atom. The predicted octanol–water partition coefficient (Wildman–Crippen LogP) is 2.52. The van der Waals surface area contributed by atoms with Gasteiger partial charge in [-0.1, -0.05) is 11.6 Å². The third-order valence-corrected chi connectivity index (χ3v) is 7.12. The monoisotopic (exact) mass is 438 g/mol. The Balaban J connectivity index is 1.34. The van der Waals surface area contributed by atoms with Gasteiger partial charge in [0.25, 0.3) is 0 Å². The van der Waals surface area contributed by atoms with Crippen LogP contribution in [-0.4, -0.2) is 67.1 Å². The number of anilines is 2. The maximum atomic E-state index is 11.6. The van der Waals surface area contributed by atoms with Crippen molar-refractivity contribution in [3.05, 3.63) is 35.6 Å². The molecule has 0 radical (unpaired) electrons. The summed E-state index contributed by atoms with van der Waals surface area (Å²) in [7, 11) is -1.25. The van der Waals surface area contributed by atoms with Crippen molar-refractivity contribution in [1.82, 2.24) is 14.9 Å². The van der Waals surface area contributed by atoms with Gasteiger partial charge in [-0.15, -0.1) is 0 Å². The molecule has 8 nitrogen and oxygen atoms in total. The Morgan fingerprint density at radius 1 is 1.17 bits per heavy atom. The minimum atomic E-state index is -2.85. The first-order valence-electron chi connectivity index (χ1n) is 9.46. The third-order valence-electron chi connectivity index (χ3n) is 5.30. The first-order valence-corrected chi connectivity index (χ1v) is 11.7. The van der Waals surface area contributed by atoms with Crippen molar-refractivity contribution in [1.29, 1.82) is 0 Å². The van der Waals surface area contributed by atoms with Gasteiger partial charge in [0.1, 0.15) is 11.3 Å². The van der Waals surface area contributed by atoms with Gasteiger partial charge in [-0.2, -0.15) is 0 Å². The maximum Gasteiger partial charge on any atom is 0.228 e. The Labute approximate surface area is 175 Å². The van der Waals surface area contributed by atoms with Crippen LogP contribution >= 0.6 is 11.6 Å². The number of nitrogens with one attached hydrogen (secondary N) is 1. The van der Waals surface area contributed by atoms with Gasteiger partial charge < -0.3 is 14.8 Å². The Hall–Kier alpha value is -2.10. The van der Waals surface area contributed by atoms with Crippen LogP contribution < -0.4 is 14.8 Å². The van der Waals surface area contributed by atoms with E-state index in [1.165, 1.54) is 0 Å². The van der Waals surface area contributed by atoms with Crippen LogP contribution in [0.4, 0.5) is 11.6 Å². The molecule has 1 aliphatic heterocycles. The zero-order chi connectivity index (χ0) is 20.4. The molecule has 2 heterocycles. The van der Waals surface area contributed by atoms with E-state index in [1.807, 2.05) is 18.2 Å². The van der Waals surface area contributed by atoms with E-state index in [2.05, 4.69) is 20.2 Å². The van der Waals surface area contributed by atoms with E-state index < -0.39 is 9.84 Å². The van der Waals surface area contributed by atoms with E-state index in [0.717, 1.165) is 18.5 Å². The minimum absolute atomic E-state index is 0.0995. The van der Waals surface area contributed by atoms with Crippen LogP contribution in [0.1, 0.15) is 12.8 Å². The van der Waals surface area contributed by atoms with Gasteiger partial charge >= 0.3 is 0 Å². The highest BCUT2D eigenvalue weighted by molar-refractivity contribution is 7.91. The van der Waals surface area contributed by atoms with E-state index in [4.69, 9.17) is 21.1 Å². The number of methoxy groups -OCH3 is 1. The molecule has 1 saturated carbocycles. The molecule has 2 aliphatic rings. The van der Waals surface area contributed by atoms with Crippen LogP contribution in [0.25, 0.3) is 0 Å². The second-order valence-electron chi connectivity index (χ2n) is 7.25. The molecule has 156 valence electrons. The van der Waals surface area contributed by atoms with Gasteiger partial charge in [0, 0.05) is 49.9 Å². The van der Waals surface area contributed by atoms with Crippen molar-refractivity contribution in [2.75, 3.05) is 37.0 Å². The number of sulfone groups is 1. The summed E-state index contributed by atoms with van der Waals surface area (Å²) in [5.41, 5.74) is 0.762. The number of aromatic nitrogens is 2. The van der Waals surface area contributed by atoms with Gasteiger partial charge in [-0.3, -0.25) is 4.90 Å². The number of hydrogen-bond acceptors (Lipinski definition) is 8. The second kappa shape index (κ2) is 8.33. The number of rotatable bonds is 6. The molecule has 1 aromatic carbocycles. The van der Waals surface area contributed by atoms with Gasteiger partial charge in [0.15, 0.2) is 21.3 Å². The summed E-state index contributed by atoms with van der Waals surface area (Å²) in [5, 5.41) is 3.45. The molecule has 2 fully saturated rings. The van der Waals surface area contributed by atoms with Crippen LogP contribution in [0.3, 0.4) is 0 Å². The number of ether oxygens (including phenoxy) is 2. The maximum absolute atomic E-state index is 11.6. The van der Waals surface area contributed by atoms with Crippen molar-refractivity contribution in [2.24, 2.45) is 0 Å². The summed E-state index contributed by atoms with van der Waals surface area (Å²) < 4.78 is 34.7. The molecule has 1 aromatic heterocycles. The quantitative estimate of drug-likeness (QED) is 0.687. The lowest BCUT2D eigenvalue weighted by atomic mass is 9.87. The van der Waals surface area contributed by atoms with Gasteiger partial charge in [-0.05, 0) is 18.2 Å². The highest BCUT2D eigenvalue weighted by Gasteiger charge is 2.37. The SMILES string of the molecule is COc1cc(Nc2nccc(Cl)n2)ccc1OC1CC(N2CCS(=O)(=O)CC2)C1. The molecular formula is C19H23ClN4O4S. The van der Waals surface area contributed by atoms with Crippen molar-refractivity contribution < 1.29 is 17.9 Å². The summed E-state index contributed by atoms with van der Waals surface area (Å²) in [6.07, 6.45) is 3.46. The largest absolute Gasteiger partial charge is 0.493 e. The molecule has 1 saturated heterocycles. The second-order valence-corrected chi connectivity index (χ2v) is 9.94. The molecular weight excluding hydrogens is 416 g/mol. The molecule has 0 amide bonds. The molecule has 10 heteroatoms. The summed E-state index contributed by atoms with van der Waals surface area (Å²) in [6, 6.07) is 7.55. The Bertz CT molecular complexity index is 968. The molecule has 0 atom stereocenters. The lowest BCUT2D eigenvalue weighted by molar-refractivity contribution is 0.0198. The predicted molar refractivity (Wildman–Crippen MR) is 111 cm³/mol. The highest BCUT2D eigenvalue weighted by atomic mass is 35.5. The topological polar surface area (TPSA) is 93.7 Å². The molecule has 1 N–H and O–H groups in total. The van der Waals surface area contributed by atoms with Crippen LogP contribution in [0.5, 0.6) is 11.5 Å². The average molecular weight is 439 g/mol. The van der Waals surface area contributed by atoms with E-state index in [9.17, 15) is 8.42 Å². The Kier molecular flexibility index (Phi) is 5.80. The van der Waals surface area contributed by atoms with Crippen LogP contribution in [0, 0.1) is 0 Å². The highest BCUT2D eigenvalue weighted by Crippen LogP contribution is 2.36. The van der Waals surface area contributed by atoms with Gasteiger partial charge in [0.2, 0.25) is 5.95 Å². The van der Waals surface area contributed by atoms with Crippen LogP contribution in [-0.2, 0) is 9.84 Å². The summed E-state index contributed by atoms with van der Waals surface area (Å²) in [6.45, 7) is 1.24. The zero-order valence-corrected chi connectivity index (χ0v) is 17.6. The van der Waals surface area contributed by atoms with E-state index in [0.29, 0.717) is 41.7 Å². The fourth-order valence-corrected chi connectivity index (χ4v) is 4.94. The molecule has 1 aliphatic carbocycles. The number of nitrogens with zero attached hydrogens (tertiary/aromatic N) is 3.